The molecule has 0 aliphatic carbocycles. The van der Waals surface area contributed by atoms with Crippen LogP contribution in [0.4, 0.5) is 36.4 Å². The van der Waals surface area contributed by atoms with Crippen LogP contribution in [0.15, 0.2) is 42.8 Å². The summed E-state index contributed by atoms with van der Waals surface area (Å²) in [6, 6.07) is 0.796. The van der Waals surface area contributed by atoms with Gasteiger partial charge < -0.3 is 16.0 Å². The number of halogens is 3. The molecule has 2 aromatic heterocycles. The van der Waals surface area contributed by atoms with E-state index in [-0.39, 0.29) is 21.2 Å². The van der Waals surface area contributed by atoms with Crippen molar-refractivity contribution in [3.63, 3.8) is 0 Å². The van der Waals surface area contributed by atoms with E-state index < -0.39 is 77.8 Å². The van der Waals surface area contributed by atoms with Crippen molar-refractivity contribution in [2.45, 2.75) is 12.7 Å². The van der Waals surface area contributed by atoms with Gasteiger partial charge in [0.05, 0.1) is 15.5 Å². The Morgan fingerprint density at radius 3 is 2.54 bits per heavy atom. The Hall–Kier alpha value is -4.01. The fourth-order valence-electron chi connectivity index (χ4n) is 2.53. The topological polar surface area (TPSA) is 142 Å². The van der Waals surface area contributed by atoms with Crippen LogP contribution in [0.1, 0.15) is 32.6 Å². The highest BCUT2D eigenvalue weighted by Crippen LogP contribution is 2.34. The van der Waals surface area contributed by atoms with Gasteiger partial charge in [0.2, 0.25) is 16.0 Å². The van der Waals surface area contributed by atoms with Crippen molar-refractivity contribution < 1.29 is 37.3 Å². The number of amides is 1. The molecule has 3 rings (SSSR count). The van der Waals surface area contributed by atoms with Gasteiger partial charge in [-0.3, -0.25) is 14.1 Å². The second-order valence-electron chi connectivity index (χ2n) is 6.65. The highest BCUT2D eigenvalue weighted by atomic mass is 32.2. The zero-order valence-corrected chi connectivity index (χ0v) is 18.4. The predicted molar refractivity (Wildman–Crippen MR) is 123 cm³/mol. The first-order chi connectivity index (χ1) is 19.6. The molecule has 0 radical (unpaired) electrons. The number of carbonyl (C=O) groups is 1. The zero-order chi connectivity index (χ0) is 32.5. The molecule has 0 aliphatic heterocycles. The Morgan fingerprint density at radius 1 is 1.20 bits per heavy atom. The molecule has 3 aromatic rings. The van der Waals surface area contributed by atoms with Gasteiger partial charge in [0.15, 0.2) is 5.82 Å². The van der Waals surface area contributed by atoms with Crippen LogP contribution < -0.4 is 20.3 Å². The highest BCUT2D eigenvalue weighted by Gasteiger charge is 2.35. The molecule has 0 fully saturated rings. The molecule has 15 heteroatoms. The molecular formula is C20H21F3N8O3S. The van der Waals surface area contributed by atoms with Crippen molar-refractivity contribution in [3.8, 4) is 0 Å². The van der Waals surface area contributed by atoms with Gasteiger partial charge in [-0.15, -0.1) is 0 Å². The molecule has 1 aromatic carbocycles. The van der Waals surface area contributed by atoms with Gasteiger partial charge in [-0.2, -0.15) is 18.2 Å². The summed E-state index contributed by atoms with van der Waals surface area (Å²) in [5, 5.41) is 6.42. The number of alkyl halides is 3. The summed E-state index contributed by atoms with van der Waals surface area (Å²) in [5.74, 6) is -3.18. The first-order valence-corrected chi connectivity index (χ1v) is 11.1. The van der Waals surface area contributed by atoms with E-state index in [2.05, 4.69) is 30.6 Å². The maximum Gasteiger partial charge on any atom is 0.421 e. The van der Waals surface area contributed by atoms with E-state index in [1.54, 1.807) is 5.32 Å². The van der Waals surface area contributed by atoms with E-state index in [0.717, 1.165) is 24.5 Å². The van der Waals surface area contributed by atoms with Crippen molar-refractivity contribution >= 4 is 39.2 Å². The van der Waals surface area contributed by atoms with Crippen molar-refractivity contribution in [1.29, 1.82) is 0 Å². The van der Waals surface area contributed by atoms with E-state index in [1.807, 2.05) is 0 Å². The first kappa shape index (κ1) is 16.6. The molecule has 35 heavy (non-hydrogen) atoms. The molecule has 186 valence electrons. The van der Waals surface area contributed by atoms with Gasteiger partial charge in [-0.25, -0.2) is 18.4 Å². The number of nitrogens with one attached hydrogen (secondary N) is 3. The lowest BCUT2D eigenvalue weighted by Gasteiger charge is -2.19. The zero-order valence-electron chi connectivity index (χ0n) is 25.6. The summed E-state index contributed by atoms with van der Waals surface area (Å²) in [7, 11) is -4.44. The van der Waals surface area contributed by atoms with E-state index in [0.29, 0.717) is 12.5 Å². The minimum absolute atomic E-state index is 0.00474. The van der Waals surface area contributed by atoms with Crippen LogP contribution >= 0.6 is 0 Å². The summed E-state index contributed by atoms with van der Waals surface area (Å²) in [6.45, 7) is -6.77. The molecule has 0 saturated carbocycles. The average molecular weight is 519 g/mol. The smallest absolute Gasteiger partial charge is 0.364 e. The fourth-order valence-corrected chi connectivity index (χ4v) is 3.00. The molecule has 1 amide bonds. The maximum absolute atomic E-state index is 13.8. The number of benzene rings is 1. The quantitative estimate of drug-likeness (QED) is 0.410. The van der Waals surface area contributed by atoms with Gasteiger partial charge in [-0.05, 0) is 24.2 Å². The van der Waals surface area contributed by atoms with E-state index in [4.69, 9.17) is 11.0 Å². The number of carbonyl (C=O) groups excluding carboxylic acids is 1. The van der Waals surface area contributed by atoms with Crippen LogP contribution in [0.5, 0.6) is 0 Å². The van der Waals surface area contributed by atoms with Crippen LogP contribution in [0, 0.1) is 0 Å². The van der Waals surface area contributed by atoms with Crippen LogP contribution in [-0.4, -0.2) is 54.5 Å². The fraction of sp³-hybridized carbons (Fsp3) is 0.250. The summed E-state index contributed by atoms with van der Waals surface area (Å²) in [4.78, 5) is 27.0. The number of anilines is 4. The van der Waals surface area contributed by atoms with Gasteiger partial charge in [0.1, 0.15) is 17.1 Å². The number of aromatic nitrogens is 4. The van der Waals surface area contributed by atoms with Crippen LogP contribution in [0.3, 0.4) is 0 Å². The van der Waals surface area contributed by atoms with Crippen molar-refractivity contribution in [3.05, 3.63) is 59.6 Å². The second kappa shape index (κ2) is 10.1. The molecule has 2 heterocycles. The Labute approximate surface area is 210 Å². The van der Waals surface area contributed by atoms with Gasteiger partial charge >= 0.3 is 6.18 Å². The third-order valence-corrected chi connectivity index (χ3v) is 4.99. The van der Waals surface area contributed by atoms with E-state index in [1.165, 1.54) is 0 Å². The molecule has 0 spiro atoms. The van der Waals surface area contributed by atoms with Gasteiger partial charge in [0, 0.05) is 52.0 Å². The number of hydrogen-bond donors (Lipinski definition) is 3. The second-order valence-corrected chi connectivity index (χ2v) is 8.48. The summed E-state index contributed by atoms with van der Waals surface area (Å²) in [5.41, 5.74) is -2.42. The predicted octanol–water partition coefficient (Wildman–Crippen LogP) is 2.40. The van der Waals surface area contributed by atoms with Crippen LogP contribution in [0.25, 0.3) is 0 Å². The Balaban J connectivity index is 1.97. The first-order valence-electron chi connectivity index (χ1n) is 13.3. The summed E-state index contributed by atoms with van der Waals surface area (Å²) in [6.07, 6.45) is -1.96. The average Bonchev–Trinajstić information content (AvgIpc) is 2.82. The lowest BCUT2D eigenvalue weighted by atomic mass is 10.2. The lowest BCUT2D eigenvalue weighted by molar-refractivity contribution is -0.137. The van der Waals surface area contributed by atoms with Crippen molar-refractivity contribution in [2.24, 2.45) is 0 Å². The van der Waals surface area contributed by atoms with Gasteiger partial charge in [0.25, 0.3) is 5.91 Å². The third-order valence-electron chi connectivity index (χ3n) is 4.15. The molecule has 0 bridgehead atoms. The number of sulfonamides is 1. The molecule has 0 atom stereocenters. The standard InChI is InChI=1S/C20H21F3N8O3S/c1-24-18(32)12-4-6-13(7-5-12)29-19-28-10-14(20(21,22)23)16(30-19)27-11-15-17(26-9-8-25-15)31(2)35(3,33)34/h4-10H,11H2,1-3H3,(H,24,32)(H2,27,28,29,30)/i1D3,2D3,6D,7D. The third kappa shape index (κ3) is 6.32. The minimum Gasteiger partial charge on any atom is -0.364 e. The minimum atomic E-state index is -5.00. The summed E-state index contributed by atoms with van der Waals surface area (Å²) >= 11 is 0. The Morgan fingerprint density at radius 2 is 1.91 bits per heavy atom. The highest BCUT2D eigenvalue weighted by molar-refractivity contribution is 7.92. The Kier molecular flexibility index (Phi) is 4.78. The maximum atomic E-state index is 13.8. The molecule has 0 saturated heterocycles. The molecular weight excluding hydrogens is 489 g/mol. The number of rotatable bonds is 8. The number of hydrogen-bond acceptors (Lipinski definition) is 9. The number of nitrogens with zero attached hydrogens (tertiary/aromatic N) is 5. The van der Waals surface area contributed by atoms with Crippen LogP contribution in [-0.2, 0) is 22.7 Å². The van der Waals surface area contributed by atoms with E-state index in [9.17, 15) is 26.4 Å². The largest absolute Gasteiger partial charge is 0.421 e. The lowest BCUT2D eigenvalue weighted by Crippen LogP contribution is -2.27. The van der Waals surface area contributed by atoms with Crippen molar-refractivity contribution in [1.82, 2.24) is 25.3 Å². The monoisotopic (exact) mass is 518 g/mol. The SMILES string of the molecule is [2H]c1cc(C(=O)NC([2H])([2H])[2H])cc([2H])c1Nc1ncc(C(F)(F)F)c(NCc2nccnc2N(C([2H])([2H])[2H])S(C)(=O)=O)n1. The van der Waals surface area contributed by atoms with Gasteiger partial charge in [-0.1, -0.05) is 0 Å². The molecule has 11 nitrogen and oxygen atoms in total. The molecule has 0 aliphatic rings. The van der Waals surface area contributed by atoms with E-state index >= 15 is 0 Å². The molecule has 3 N–H and O–H groups in total. The normalized spacial score (nSPS) is 15.7. The van der Waals surface area contributed by atoms with Crippen LogP contribution in [0.2, 0.25) is 0 Å². The Bertz CT molecular complexity index is 1620. The van der Waals surface area contributed by atoms with Crippen molar-refractivity contribution in [2.75, 3.05) is 35.1 Å². The summed E-state index contributed by atoms with van der Waals surface area (Å²) < 4.78 is 126. The molecule has 0 unspecified atom stereocenters.